The number of nitrogens with zero attached hydrogens (tertiary/aromatic N) is 6. The van der Waals surface area contributed by atoms with Gasteiger partial charge in [0.15, 0.2) is 0 Å². The molecule has 3 amide bonds. The summed E-state index contributed by atoms with van der Waals surface area (Å²) in [4.78, 5) is 62.6. The standard InChI is InChI=1S/C28H40N8O4/c1-18(2)17-22-26-29-20(4)32-36(26)16-15-34(13-8-11-24(37)33(5)19(3)27(39)30-22)25(38)12-14-35-23-10-7-6-9-21(23)31-28(35)40/h6-7,9-10,18-19,22H,8,11-17H2,1-5H3,(H,30,39)(H,31,40)/t19-,22+/m0/s1. The fraction of sp³-hybridized carbons (Fsp3) is 0.571. The van der Waals surface area contributed by atoms with Gasteiger partial charge in [0.1, 0.15) is 17.7 Å². The molecule has 0 saturated heterocycles. The quantitative estimate of drug-likeness (QED) is 0.497. The lowest BCUT2D eigenvalue weighted by Crippen LogP contribution is -2.47. The minimum absolute atomic E-state index is 0.108. The van der Waals surface area contributed by atoms with Crippen LogP contribution in [0.1, 0.15) is 64.1 Å². The maximum atomic E-state index is 13.5. The summed E-state index contributed by atoms with van der Waals surface area (Å²) in [6.45, 7) is 9.03. The van der Waals surface area contributed by atoms with Gasteiger partial charge in [-0.25, -0.2) is 14.5 Å². The summed E-state index contributed by atoms with van der Waals surface area (Å²) < 4.78 is 3.35. The molecule has 0 fully saturated rings. The van der Waals surface area contributed by atoms with Crippen molar-refractivity contribution in [1.29, 1.82) is 0 Å². The zero-order chi connectivity index (χ0) is 29.0. The van der Waals surface area contributed by atoms with Crippen LogP contribution in [0, 0.1) is 12.8 Å². The minimum Gasteiger partial charge on any atom is -0.344 e. The summed E-state index contributed by atoms with van der Waals surface area (Å²) in [5, 5.41) is 7.67. The van der Waals surface area contributed by atoms with E-state index in [1.165, 1.54) is 4.90 Å². The van der Waals surface area contributed by atoms with Crippen LogP contribution in [0.15, 0.2) is 29.1 Å². The maximum Gasteiger partial charge on any atom is 0.326 e. The number of amides is 3. The number of hydrogen-bond acceptors (Lipinski definition) is 6. The lowest BCUT2D eigenvalue weighted by atomic mass is 10.0. The van der Waals surface area contributed by atoms with Gasteiger partial charge in [0.05, 0.1) is 23.6 Å². The molecule has 2 N–H and O–H groups in total. The van der Waals surface area contributed by atoms with E-state index >= 15 is 0 Å². The maximum absolute atomic E-state index is 13.5. The van der Waals surface area contributed by atoms with E-state index < -0.39 is 6.04 Å². The largest absolute Gasteiger partial charge is 0.344 e. The van der Waals surface area contributed by atoms with Crippen LogP contribution in [0.25, 0.3) is 11.0 Å². The Bertz CT molecular complexity index is 1420. The molecule has 12 nitrogen and oxygen atoms in total. The molecule has 3 aromatic rings. The molecule has 2 atom stereocenters. The third-order valence-electron chi connectivity index (χ3n) is 7.48. The Morgan fingerprint density at radius 1 is 1.12 bits per heavy atom. The van der Waals surface area contributed by atoms with Crippen LogP contribution >= 0.6 is 0 Å². The van der Waals surface area contributed by atoms with Crippen LogP contribution in [-0.4, -0.2) is 78.0 Å². The Morgan fingerprint density at radius 3 is 2.62 bits per heavy atom. The number of carbonyl (C=O) groups excluding carboxylic acids is 3. The highest BCUT2D eigenvalue weighted by molar-refractivity contribution is 5.87. The number of hydrogen-bond donors (Lipinski definition) is 2. The zero-order valence-electron chi connectivity index (χ0n) is 24.0. The Morgan fingerprint density at radius 2 is 1.88 bits per heavy atom. The smallest absolute Gasteiger partial charge is 0.326 e. The van der Waals surface area contributed by atoms with Gasteiger partial charge in [0.2, 0.25) is 17.7 Å². The number of aryl methyl sites for hydroxylation is 2. The molecule has 1 aromatic carbocycles. The van der Waals surface area contributed by atoms with Crippen LogP contribution in [0.3, 0.4) is 0 Å². The first-order chi connectivity index (χ1) is 19.0. The number of benzene rings is 1. The van der Waals surface area contributed by atoms with Crippen LogP contribution in [0.2, 0.25) is 0 Å². The second-order valence-electron chi connectivity index (χ2n) is 10.9. The predicted molar refractivity (Wildman–Crippen MR) is 150 cm³/mol. The van der Waals surface area contributed by atoms with Gasteiger partial charge in [0.25, 0.3) is 0 Å². The van der Waals surface area contributed by atoms with Crippen LogP contribution in [0.4, 0.5) is 0 Å². The van der Waals surface area contributed by atoms with Crippen LogP contribution in [0.5, 0.6) is 0 Å². The highest BCUT2D eigenvalue weighted by atomic mass is 16.2. The lowest BCUT2D eigenvalue weighted by molar-refractivity contribution is -0.139. The van der Waals surface area contributed by atoms with E-state index in [9.17, 15) is 19.2 Å². The van der Waals surface area contributed by atoms with Crippen LogP contribution in [-0.2, 0) is 27.5 Å². The van der Waals surface area contributed by atoms with Crippen molar-refractivity contribution in [3.05, 3.63) is 46.4 Å². The van der Waals surface area contributed by atoms with Gasteiger partial charge in [0, 0.05) is 39.5 Å². The molecule has 216 valence electrons. The summed E-state index contributed by atoms with van der Waals surface area (Å²) in [6.07, 6.45) is 1.45. The van der Waals surface area contributed by atoms with Crippen molar-refractivity contribution in [1.82, 2.24) is 39.4 Å². The topological polar surface area (TPSA) is 138 Å². The van der Waals surface area contributed by atoms with E-state index in [1.54, 1.807) is 35.0 Å². The second kappa shape index (κ2) is 12.5. The predicted octanol–water partition coefficient (Wildman–Crippen LogP) is 1.99. The Balaban J connectivity index is 1.58. The number of aromatic nitrogens is 5. The molecule has 0 bridgehead atoms. The Kier molecular flexibility index (Phi) is 9.06. The van der Waals surface area contributed by atoms with E-state index in [0.717, 1.165) is 11.0 Å². The van der Waals surface area contributed by atoms with Gasteiger partial charge >= 0.3 is 5.69 Å². The number of nitrogens with one attached hydrogen (secondary N) is 2. The SMILES string of the molecule is Cc1nc2n(n1)CCN(C(=O)CCn1c(=O)[nH]c3ccccc31)CCCC(=O)N(C)[C@@H](C)C(=O)N[C@@H]2CC(C)C. The molecule has 0 aliphatic carbocycles. The van der Waals surface area contributed by atoms with E-state index in [4.69, 9.17) is 0 Å². The molecule has 4 rings (SSSR count). The van der Waals surface area contributed by atoms with E-state index in [2.05, 4.69) is 34.2 Å². The highest BCUT2D eigenvalue weighted by Gasteiger charge is 2.29. The average molecular weight is 553 g/mol. The molecule has 1 aliphatic heterocycles. The van der Waals surface area contributed by atoms with Crippen molar-refractivity contribution < 1.29 is 14.4 Å². The van der Waals surface area contributed by atoms with E-state index in [1.807, 2.05) is 24.3 Å². The molecule has 2 aromatic heterocycles. The fourth-order valence-corrected chi connectivity index (χ4v) is 5.15. The third kappa shape index (κ3) is 6.60. The van der Waals surface area contributed by atoms with Crippen molar-refractivity contribution in [2.75, 3.05) is 20.1 Å². The number of fused-ring (bicyclic) bond motifs is 2. The number of rotatable bonds is 5. The van der Waals surface area contributed by atoms with Crippen molar-refractivity contribution in [2.24, 2.45) is 5.92 Å². The number of H-pyrrole nitrogens is 1. The summed E-state index contributed by atoms with van der Waals surface area (Å²) in [5.74, 6) is 0.987. The van der Waals surface area contributed by atoms with Gasteiger partial charge in [-0.05, 0) is 44.7 Å². The molecule has 12 heteroatoms. The molecular formula is C28H40N8O4. The Hall–Kier alpha value is -3.96. The van der Waals surface area contributed by atoms with Gasteiger partial charge in [-0.3, -0.25) is 19.0 Å². The first kappa shape index (κ1) is 29.0. The molecule has 3 heterocycles. The summed E-state index contributed by atoms with van der Waals surface area (Å²) >= 11 is 0. The summed E-state index contributed by atoms with van der Waals surface area (Å²) in [7, 11) is 1.63. The molecule has 0 spiro atoms. The number of imidazole rings is 1. The molecular weight excluding hydrogens is 512 g/mol. The zero-order valence-corrected chi connectivity index (χ0v) is 24.0. The minimum atomic E-state index is -0.658. The van der Waals surface area contributed by atoms with Crippen molar-refractivity contribution >= 4 is 28.8 Å². The second-order valence-corrected chi connectivity index (χ2v) is 10.9. The normalized spacial score (nSPS) is 19.6. The van der Waals surface area contributed by atoms with E-state index in [-0.39, 0.29) is 54.8 Å². The van der Waals surface area contributed by atoms with Crippen molar-refractivity contribution in [3.63, 3.8) is 0 Å². The van der Waals surface area contributed by atoms with Gasteiger partial charge in [-0.15, -0.1) is 0 Å². The molecule has 0 saturated carbocycles. The molecule has 0 radical (unpaired) electrons. The van der Waals surface area contributed by atoms with Gasteiger partial charge < -0.3 is 20.1 Å². The summed E-state index contributed by atoms with van der Waals surface area (Å²) in [5.41, 5.74) is 1.23. The average Bonchev–Trinajstić information content (AvgIpc) is 3.44. The summed E-state index contributed by atoms with van der Waals surface area (Å²) in [6, 6.07) is 6.35. The fourth-order valence-electron chi connectivity index (χ4n) is 5.15. The van der Waals surface area contributed by atoms with Gasteiger partial charge in [-0.2, -0.15) is 5.10 Å². The molecule has 40 heavy (non-hydrogen) atoms. The number of likely N-dealkylation sites (N-methyl/N-ethyl adjacent to an activating group) is 1. The Labute approximate surface area is 233 Å². The number of aromatic amines is 1. The molecule has 1 aliphatic rings. The number of carbonyl (C=O) groups is 3. The highest BCUT2D eigenvalue weighted by Crippen LogP contribution is 2.21. The van der Waals surface area contributed by atoms with Crippen molar-refractivity contribution in [3.8, 4) is 0 Å². The third-order valence-corrected chi connectivity index (χ3v) is 7.48. The number of para-hydroxylation sites is 2. The molecule has 0 unspecified atom stereocenters. The van der Waals surface area contributed by atoms with Crippen molar-refractivity contribution in [2.45, 2.75) is 78.6 Å². The van der Waals surface area contributed by atoms with Gasteiger partial charge in [-0.1, -0.05) is 26.0 Å². The van der Waals surface area contributed by atoms with E-state index in [0.29, 0.717) is 44.1 Å². The monoisotopic (exact) mass is 552 g/mol. The lowest BCUT2D eigenvalue weighted by Gasteiger charge is -2.29. The first-order valence-corrected chi connectivity index (χ1v) is 14.0. The first-order valence-electron chi connectivity index (χ1n) is 14.0. The van der Waals surface area contributed by atoms with Crippen LogP contribution < -0.4 is 11.0 Å².